The highest BCUT2D eigenvalue weighted by atomic mass is 19.4. The molecule has 0 aromatic rings. The van der Waals surface area contributed by atoms with Gasteiger partial charge in [0.1, 0.15) is 6.61 Å². The Morgan fingerprint density at radius 1 is 1.44 bits per heavy atom. The minimum absolute atomic E-state index is 0.266. The minimum atomic E-state index is -5.08. The Morgan fingerprint density at radius 2 is 1.88 bits per heavy atom. The maximum atomic E-state index is 10.6. The van der Waals surface area contributed by atoms with Crippen molar-refractivity contribution in [3.8, 4) is 0 Å². The van der Waals surface area contributed by atoms with Crippen molar-refractivity contribution in [1.82, 2.24) is 0 Å². The second-order valence-electron chi connectivity index (χ2n) is 2.31. The summed E-state index contributed by atoms with van der Waals surface area (Å²) in [7, 11) is 0. The maximum Gasteiger partial charge on any atom is 0.490 e. The lowest BCUT2D eigenvalue weighted by Gasteiger charge is -1.97. The maximum absolute atomic E-state index is 10.6. The highest BCUT2D eigenvalue weighted by Gasteiger charge is 2.38. The first kappa shape index (κ1) is 16.8. The number of halogens is 3. The molecule has 8 heteroatoms. The van der Waals surface area contributed by atoms with Gasteiger partial charge in [0, 0.05) is 6.54 Å². The lowest BCUT2D eigenvalue weighted by molar-refractivity contribution is -0.192. The number of esters is 1. The smallest absolute Gasteiger partial charge is 0.475 e. The molecule has 0 spiro atoms. The molecule has 0 saturated heterocycles. The summed E-state index contributed by atoms with van der Waals surface area (Å²) in [5, 5.41) is 7.12. The zero-order valence-corrected chi connectivity index (χ0v) is 8.29. The predicted molar refractivity (Wildman–Crippen MR) is 48.5 cm³/mol. The molecule has 0 atom stereocenters. The predicted octanol–water partition coefficient (Wildman–Crippen LogP) is 0.698. The number of aliphatic carboxylic acids is 1. The van der Waals surface area contributed by atoms with Crippen LogP contribution in [0.5, 0.6) is 0 Å². The van der Waals surface area contributed by atoms with E-state index in [9.17, 15) is 18.0 Å². The Hall–Kier alpha value is -1.57. The topological polar surface area (TPSA) is 89.6 Å². The third-order valence-electron chi connectivity index (χ3n) is 0.953. The second-order valence-corrected chi connectivity index (χ2v) is 2.31. The molecular weight excluding hydrogens is 231 g/mol. The molecular formula is C8H12F3NO4. The van der Waals surface area contributed by atoms with Crippen molar-refractivity contribution in [2.75, 3.05) is 13.2 Å². The first-order valence-electron chi connectivity index (χ1n) is 4.02. The van der Waals surface area contributed by atoms with E-state index in [0.717, 1.165) is 0 Å². The van der Waals surface area contributed by atoms with E-state index in [2.05, 4.69) is 11.3 Å². The van der Waals surface area contributed by atoms with E-state index in [1.165, 1.54) is 6.08 Å². The SMILES string of the molecule is C=CCOC(=O)CCN.O=C(O)C(F)(F)F. The van der Waals surface area contributed by atoms with Crippen molar-refractivity contribution in [3.63, 3.8) is 0 Å². The summed E-state index contributed by atoms with van der Waals surface area (Å²) in [6.07, 6.45) is -3.28. The third kappa shape index (κ3) is 12.4. The van der Waals surface area contributed by atoms with Crippen molar-refractivity contribution in [2.45, 2.75) is 12.6 Å². The van der Waals surface area contributed by atoms with Gasteiger partial charge in [-0.2, -0.15) is 13.2 Å². The van der Waals surface area contributed by atoms with Gasteiger partial charge in [0.15, 0.2) is 0 Å². The fraction of sp³-hybridized carbons (Fsp3) is 0.500. The first-order chi connectivity index (χ1) is 7.25. The van der Waals surface area contributed by atoms with Crippen LogP contribution >= 0.6 is 0 Å². The summed E-state index contributed by atoms with van der Waals surface area (Å²) in [4.78, 5) is 19.3. The van der Waals surface area contributed by atoms with E-state index in [-0.39, 0.29) is 19.0 Å². The van der Waals surface area contributed by atoms with Crippen LogP contribution < -0.4 is 5.73 Å². The van der Waals surface area contributed by atoms with Crippen molar-refractivity contribution >= 4 is 11.9 Å². The monoisotopic (exact) mass is 243 g/mol. The number of carbonyl (C=O) groups excluding carboxylic acids is 1. The molecule has 3 N–H and O–H groups in total. The van der Waals surface area contributed by atoms with Crippen LogP contribution in [0.4, 0.5) is 13.2 Å². The van der Waals surface area contributed by atoms with Crippen LogP contribution in [0, 0.1) is 0 Å². The van der Waals surface area contributed by atoms with Crippen LogP contribution in [0.2, 0.25) is 0 Å². The van der Waals surface area contributed by atoms with E-state index < -0.39 is 12.1 Å². The average molecular weight is 243 g/mol. The van der Waals surface area contributed by atoms with Crippen LogP contribution in [-0.4, -0.2) is 36.4 Å². The van der Waals surface area contributed by atoms with Gasteiger partial charge in [-0.3, -0.25) is 4.79 Å². The van der Waals surface area contributed by atoms with E-state index >= 15 is 0 Å². The molecule has 0 aromatic heterocycles. The van der Waals surface area contributed by atoms with Gasteiger partial charge in [0.25, 0.3) is 0 Å². The van der Waals surface area contributed by atoms with Gasteiger partial charge in [0.2, 0.25) is 0 Å². The van der Waals surface area contributed by atoms with Crippen LogP contribution in [0.1, 0.15) is 6.42 Å². The Labute approximate surface area is 89.7 Å². The number of carboxylic acids is 1. The molecule has 0 unspecified atom stereocenters. The standard InChI is InChI=1S/C6H11NO2.C2HF3O2/c1-2-5-9-6(8)3-4-7;3-2(4,5)1(6)7/h2H,1,3-5,7H2;(H,6,7). The van der Waals surface area contributed by atoms with Crippen molar-refractivity contribution in [2.24, 2.45) is 5.73 Å². The molecule has 0 saturated carbocycles. The number of carboxylic acid groups (broad SMARTS) is 1. The molecule has 0 heterocycles. The molecule has 0 fully saturated rings. The largest absolute Gasteiger partial charge is 0.490 e. The number of nitrogens with two attached hydrogens (primary N) is 1. The molecule has 5 nitrogen and oxygen atoms in total. The van der Waals surface area contributed by atoms with Gasteiger partial charge in [-0.25, -0.2) is 4.79 Å². The minimum Gasteiger partial charge on any atom is -0.475 e. The fourth-order valence-corrected chi connectivity index (χ4v) is 0.342. The molecule has 0 aliphatic heterocycles. The lowest BCUT2D eigenvalue weighted by Crippen LogP contribution is -2.21. The summed E-state index contributed by atoms with van der Waals surface area (Å²) in [6, 6.07) is 0. The number of ether oxygens (including phenoxy) is 1. The van der Waals surface area contributed by atoms with Crippen molar-refractivity contribution < 1.29 is 32.6 Å². The van der Waals surface area contributed by atoms with Gasteiger partial charge in [0.05, 0.1) is 6.42 Å². The van der Waals surface area contributed by atoms with E-state index in [1.54, 1.807) is 0 Å². The molecule has 0 bridgehead atoms. The summed E-state index contributed by atoms with van der Waals surface area (Å²) in [5.74, 6) is -3.02. The Balaban J connectivity index is 0. The van der Waals surface area contributed by atoms with Crippen molar-refractivity contribution in [1.29, 1.82) is 0 Å². The van der Waals surface area contributed by atoms with Gasteiger partial charge in [-0.1, -0.05) is 12.7 Å². The molecule has 94 valence electrons. The summed E-state index contributed by atoms with van der Waals surface area (Å²) in [6.45, 7) is 4.00. The highest BCUT2D eigenvalue weighted by molar-refractivity contribution is 5.73. The number of rotatable bonds is 4. The molecule has 0 radical (unpaired) electrons. The molecule has 0 aliphatic rings. The summed E-state index contributed by atoms with van der Waals surface area (Å²) in [5.41, 5.74) is 5.07. The van der Waals surface area contributed by atoms with Crippen LogP contribution in [0.3, 0.4) is 0 Å². The normalized spacial score (nSPS) is 9.75. The van der Waals surface area contributed by atoms with E-state index in [1.807, 2.05) is 0 Å². The van der Waals surface area contributed by atoms with Crippen LogP contribution in [0.25, 0.3) is 0 Å². The molecule has 0 rings (SSSR count). The molecule has 16 heavy (non-hydrogen) atoms. The summed E-state index contributed by atoms with van der Waals surface area (Å²) >= 11 is 0. The quantitative estimate of drug-likeness (QED) is 0.560. The van der Waals surface area contributed by atoms with E-state index in [4.69, 9.17) is 15.6 Å². The zero-order chi connectivity index (χ0) is 13.2. The van der Waals surface area contributed by atoms with E-state index in [0.29, 0.717) is 6.54 Å². The van der Waals surface area contributed by atoms with Crippen molar-refractivity contribution in [3.05, 3.63) is 12.7 Å². The Morgan fingerprint density at radius 3 is 2.12 bits per heavy atom. The van der Waals surface area contributed by atoms with Crippen LogP contribution in [0.15, 0.2) is 12.7 Å². The number of alkyl halides is 3. The highest BCUT2D eigenvalue weighted by Crippen LogP contribution is 2.13. The summed E-state index contributed by atoms with van der Waals surface area (Å²) < 4.78 is 36.3. The average Bonchev–Trinajstić information content (AvgIpc) is 2.14. The lowest BCUT2D eigenvalue weighted by atomic mass is 10.4. The number of hydrogen-bond donors (Lipinski definition) is 2. The fourth-order valence-electron chi connectivity index (χ4n) is 0.342. The molecule has 0 aromatic carbocycles. The zero-order valence-electron chi connectivity index (χ0n) is 8.29. The Bertz CT molecular complexity index is 240. The number of hydrogen-bond acceptors (Lipinski definition) is 4. The second kappa shape index (κ2) is 8.72. The molecule has 0 aliphatic carbocycles. The Kier molecular flexibility index (Phi) is 9.18. The van der Waals surface area contributed by atoms with Crippen LogP contribution in [-0.2, 0) is 14.3 Å². The number of carbonyl (C=O) groups is 2. The van der Waals surface area contributed by atoms with Gasteiger partial charge < -0.3 is 15.6 Å². The van der Waals surface area contributed by atoms with Gasteiger partial charge in [-0.05, 0) is 0 Å². The third-order valence-corrected chi connectivity index (χ3v) is 0.953. The van der Waals surface area contributed by atoms with Gasteiger partial charge >= 0.3 is 18.1 Å². The molecule has 0 amide bonds. The van der Waals surface area contributed by atoms with Gasteiger partial charge in [-0.15, -0.1) is 0 Å². The first-order valence-corrected chi connectivity index (χ1v) is 4.02.